The Balaban J connectivity index is 0.000000394. The Labute approximate surface area is 121 Å². The Kier molecular flexibility index (Phi) is 9.46. The van der Waals surface area contributed by atoms with Crippen LogP contribution in [0.15, 0.2) is 30.3 Å². The average molecular weight is 304 g/mol. The number of carbonyl (C=O) groups is 1. The highest BCUT2D eigenvalue weighted by atomic mass is 16.4. The second-order valence-electron chi connectivity index (χ2n) is 4.15. The van der Waals surface area contributed by atoms with Crippen LogP contribution in [0, 0.1) is 0 Å². The lowest BCUT2D eigenvalue weighted by atomic mass is 10.0. The molecule has 8 nitrogen and oxygen atoms in total. The summed E-state index contributed by atoms with van der Waals surface area (Å²) >= 11 is 0. The number of carboxylic acids is 1. The molecule has 1 rings (SSSR count). The van der Waals surface area contributed by atoms with Gasteiger partial charge in [0.25, 0.3) is 0 Å². The van der Waals surface area contributed by atoms with Crippen molar-refractivity contribution < 1.29 is 40.5 Å². The van der Waals surface area contributed by atoms with Crippen molar-refractivity contribution in [3.8, 4) is 0 Å². The summed E-state index contributed by atoms with van der Waals surface area (Å²) in [5.41, 5.74) is 0.331. The fourth-order valence-corrected chi connectivity index (χ4v) is 1.25. The molecule has 0 aliphatic carbocycles. The van der Waals surface area contributed by atoms with Gasteiger partial charge in [0.15, 0.2) is 0 Å². The van der Waals surface area contributed by atoms with Crippen molar-refractivity contribution in [1.29, 1.82) is 0 Å². The van der Waals surface area contributed by atoms with Gasteiger partial charge in [0, 0.05) is 0 Å². The Morgan fingerprint density at radius 1 is 0.857 bits per heavy atom. The third-order valence-corrected chi connectivity index (χ3v) is 2.53. The first-order valence-electron chi connectivity index (χ1n) is 6.07. The standard InChI is InChI=1S/C7H6O2.C6H14O6/c8-7(9)6-4-2-1-3-5-6;7-1-3(9)5(11)6(12)4(10)2-8/h1-5H,(H,8,9);3-12H,1-2H2/t;3-,4-,5-,6-/m.1/s1. The smallest absolute Gasteiger partial charge is 0.335 e. The van der Waals surface area contributed by atoms with Gasteiger partial charge < -0.3 is 35.7 Å². The molecule has 21 heavy (non-hydrogen) atoms. The molecule has 0 unspecified atom stereocenters. The highest BCUT2D eigenvalue weighted by Gasteiger charge is 2.29. The maximum absolute atomic E-state index is 10.2. The molecule has 0 bridgehead atoms. The van der Waals surface area contributed by atoms with Gasteiger partial charge in [-0.1, -0.05) is 18.2 Å². The van der Waals surface area contributed by atoms with E-state index in [0.717, 1.165) is 0 Å². The second kappa shape index (κ2) is 10.2. The van der Waals surface area contributed by atoms with Crippen molar-refractivity contribution in [3.05, 3.63) is 35.9 Å². The van der Waals surface area contributed by atoms with Crippen molar-refractivity contribution in [2.75, 3.05) is 13.2 Å². The first-order chi connectivity index (χ1) is 9.84. The summed E-state index contributed by atoms with van der Waals surface area (Å²) in [6.07, 6.45) is -6.39. The van der Waals surface area contributed by atoms with Crippen LogP contribution in [0.25, 0.3) is 0 Å². The van der Waals surface area contributed by atoms with Gasteiger partial charge in [-0.2, -0.15) is 0 Å². The molecule has 4 atom stereocenters. The zero-order valence-corrected chi connectivity index (χ0v) is 11.1. The zero-order valence-electron chi connectivity index (χ0n) is 11.1. The van der Waals surface area contributed by atoms with E-state index in [9.17, 15) is 4.79 Å². The molecule has 7 N–H and O–H groups in total. The minimum absolute atomic E-state index is 0.331. The molecule has 0 aliphatic rings. The van der Waals surface area contributed by atoms with Crippen LogP contribution in [0.3, 0.4) is 0 Å². The van der Waals surface area contributed by atoms with E-state index in [1.54, 1.807) is 30.3 Å². The lowest BCUT2D eigenvalue weighted by molar-refractivity contribution is -0.123. The lowest BCUT2D eigenvalue weighted by Gasteiger charge is -2.24. The first-order valence-corrected chi connectivity index (χ1v) is 6.07. The fraction of sp³-hybridized carbons (Fsp3) is 0.462. The van der Waals surface area contributed by atoms with Crippen molar-refractivity contribution in [3.63, 3.8) is 0 Å². The Bertz CT molecular complexity index is 382. The number of aliphatic hydroxyl groups is 6. The maximum Gasteiger partial charge on any atom is 0.335 e. The van der Waals surface area contributed by atoms with Crippen LogP contribution in [-0.4, -0.2) is 79.3 Å². The van der Waals surface area contributed by atoms with E-state index in [1.807, 2.05) is 0 Å². The molecule has 1 aromatic rings. The summed E-state index contributed by atoms with van der Waals surface area (Å²) in [6, 6.07) is 8.30. The average Bonchev–Trinajstić information content (AvgIpc) is 2.53. The molecule has 0 aromatic heterocycles. The van der Waals surface area contributed by atoms with Crippen molar-refractivity contribution in [2.24, 2.45) is 0 Å². The fourth-order valence-electron chi connectivity index (χ4n) is 1.25. The van der Waals surface area contributed by atoms with Gasteiger partial charge in [-0.15, -0.1) is 0 Å². The largest absolute Gasteiger partial charge is 0.478 e. The first kappa shape index (κ1) is 19.4. The molecule has 8 heteroatoms. The summed E-state index contributed by atoms with van der Waals surface area (Å²) in [5.74, 6) is -0.879. The van der Waals surface area contributed by atoms with E-state index in [2.05, 4.69) is 0 Å². The number of rotatable bonds is 6. The summed E-state index contributed by atoms with van der Waals surface area (Å²) < 4.78 is 0. The molecule has 0 saturated heterocycles. The van der Waals surface area contributed by atoms with Crippen LogP contribution in [0.2, 0.25) is 0 Å². The minimum Gasteiger partial charge on any atom is -0.478 e. The molecular weight excluding hydrogens is 284 g/mol. The van der Waals surface area contributed by atoms with Crippen LogP contribution in [0.5, 0.6) is 0 Å². The Morgan fingerprint density at radius 2 is 1.24 bits per heavy atom. The topological polar surface area (TPSA) is 159 Å². The van der Waals surface area contributed by atoms with Crippen molar-refractivity contribution in [2.45, 2.75) is 24.4 Å². The monoisotopic (exact) mass is 304 g/mol. The SMILES string of the molecule is O=C(O)c1ccccc1.OC[C@@H](O)[C@@H](O)[C@H](O)[C@H](O)CO. The summed E-state index contributed by atoms with van der Waals surface area (Å²) in [7, 11) is 0. The van der Waals surface area contributed by atoms with Gasteiger partial charge in [0.1, 0.15) is 24.4 Å². The highest BCUT2D eigenvalue weighted by molar-refractivity contribution is 5.87. The quantitative estimate of drug-likeness (QED) is 0.312. The van der Waals surface area contributed by atoms with E-state index in [4.69, 9.17) is 35.7 Å². The van der Waals surface area contributed by atoms with Crippen LogP contribution in [0.1, 0.15) is 10.4 Å². The molecule has 0 saturated carbocycles. The zero-order chi connectivity index (χ0) is 16.4. The minimum atomic E-state index is -1.67. The maximum atomic E-state index is 10.2. The van der Waals surface area contributed by atoms with E-state index in [-0.39, 0.29) is 0 Å². The van der Waals surface area contributed by atoms with Gasteiger partial charge >= 0.3 is 5.97 Å². The van der Waals surface area contributed by atoms with Crippen LogP contribution in [0.4, 0.5) is 0 Å². The van der Waals surface area contributed by atoms with E-state index in [1.165, 1.54) is 0 Å². The summed E-state index contributed by atoms with van der Waals surface area (Å²) in [5, 5.41) is 60.6. The molecule has 1 aromatic carbocycles. The van der Waals surface area contributed by atoms with Gasteiger partial charge in [-0.05, 0) is 12.1 Å². The second-order valence-corrected chi connectivity index (χ2v) is 4.15. The van der Waals surface area contributed by atoms with Crippen LogP contribution in [-0.2, 0) is 0 Å². The van der Waals surface area contributed by atoms with Gasteiger partial charge in [-0.25, -0.2) is 4.79 Å². The van der Waals surface area contributed by atoms with Crippen LogP contribution < -0.4 is 0 Å². The van der Waals surface area contributed by atoms with Crippen LogP contribution >= 0.6 is 0 Å². The molecule has 0 spiro atoms. The number of hydrogen-bond acceptors (Lipinski definition) is 7. The Morgan fingerprint density at radius 3 is 1.48 bits per heavy atom. The van der Waals surface area contributed by atoms with E-state index < -0.39 is 43.6 Å². The molecule has 0 amide bonds. The number of carboxylic acid groups (broad SMARTS) is 1. The molecule has 0 radical (unpaired) electrons. The molecule has 0 aliphatic heterocycles. The Hall–Kier alpha value is -1.55. The summed E-state index contributed by atoms with van der Waals surface area (Å²) in [6.45, 7) is -1.45. The molecule has 120 valence electrons. The number of aromatic carboxylic acids is 1. The van der Waals surface area contributed by atoms with Crippen molar-refractivity contribution >= 4 is 5.97 Å². The lowest BCUT2D eigenvalue weighted by Crippen LogP contribution is -2.46. The molecular formula is C13H20O8. The predicted molar refractivity (Wildman–Crippen MR) is 71.6 cm³/mol. The number of aliphatic hydroxyl groups excluding tert-OH is 6. The molecule has 0 heterocycles. The number of hydrogen-bond donors (Lipinski definition) is 7. The van der Waals surface area contributed by atoms with Crippen molar-refractivity contribution in [1.82, 2.24) is 0 Å². The predicted octanol–water partition coefficient (Wildman–Crippen LogP) is -2.20. The molecule has 0 fully saturated rings. The van der Waals surface area contributed by atoms with E-state index >= 15 is 0 Å². The van der Waals surface area contributed by atoms with Gasteiger partial charge in [0.05, 0.1) is 18.8 Å². The third-order valence-electron chi connectivity index (χ3n) is 2.53. The normalized spacial score (nSPS) is 16.1. The van der Waals surface area contributed by atoms with E-state index in [0.29, 0.717) is 5.56 Å². The summed E-state index contributed by atoms with van der Waals surface area (Å²) in [4.78, 5) is 10.2. The van der Waals surface area contributed by atoms with Gasteiger partial charge in [-0.3, -0.25) is 0 Å². The third kappa shape index (κ3) is 7.14. The van der Waals surface area contributed by atoms with Gasteiger partial charge in [0.2, 0.25) is 0 Å². The highest BCUT2D eigenvalue weighted by Crippen LogP contribution is 2.04. The number of benzene rings is 1.